The molecule has 1 aromatic heterocycles. The molecule has 0 saturated heterocycles. The molecule has 1 heterocycles. The van der Waals surface area contributed by atoms with Crippen LogP contribution in [0.15, 0.2) is 29.4 Å². The van der Waals surface area contributed by atoms with Gasteiger partial charge in [-0.15, -0.1) is 5.10 Å². The number of hydrogen-bond donors (Lipinski definition) is 1. The second kappa shape index (κ2) is 7.83. The van der Waals surface area contributed by atoms with Crippen molar-refractivity contribution in [2.24, 2.45) is 0 Å². The Morgan fingerprint density at radius 3 is 2.71 bits per heavy atom. The summed E-state index contributed by atoms with van der Waals surface area (Å²) in [5.41, 5.74) is 2.37. The van der Waals surface area contributed by atoms with Crippen molar-refractivity contribution in [2.75, 3.05) is 12.8 Å². The lowest BCUT2D eigenvalue weighted by Crippen LogP contribution is -2.27. The zero-order valence-electron chi connectivity index (χ0n) is 14.3. The highest BCUT2D eigenvalue weighted by atomic mass is 32.2. The first-order valence-corrected chi connectivity index (χ1v) is 9.45. The molecule has 5 nitrogen and oxygen atoms in total. The Morgan fingerprint density at radius 1 is 1.29 bits per heavy atom. The molecule has 0 unspecified atom stereocenters. The maximum Gasteiger partial charge on any atom is 0.233 e. The van der Waals surface area contributed by atoms with Crippen molar-refractivity contribution < 1.29 is 4.79 Å². The van der Waals surface area contributed by atoms with Crippen LogP contribution in [0.25, 0.3) is 0 Å². The molecule has 24 heavy (non-hydrogen) atoms. The number of aryl methyl sites for hydroxylation is 1. The van der Waals surface area contributed by atoms with E-state index in [2.05, 4.69) is 46.4 Å². The van der Waals surface area contributed by atoms with Crippen LogP contribution < -0.4 is 0 Å². The van der Waals surface area contributed by atoms with Gasteiger partial charge in [0.1, 0.15) is 5.82 Å². The summed E-state index contributed by atoms with van der Waals surface area (Å²) in [6.07, 6.45) is 4.93. The summed E-state index contributed by atoms with van der Waals surface area (Å²) < 4.78 is 0. The number of amides is 1. The van der Waals surface area contributed by atoms with Gasteiger partial charge in [-0.3, -0.25) is 9.89 Å². The molecule has 0 bridgehead atoms. The third-order valence-electron chi connectivity index (χ3n) is 4.51. The average Bonchev–Trinajstić information content (AvgIpc) is 3.25. The van der Waals surface area contributed by atoms with Crippen molar-refractivity contribution in [3.05, 3.63) is 41.2 Å². The van der Waals surface area contributed by atoms with Gasteiger partial charge in [0.15, 0.2) is 0 Å². The molecule has 3 rings (SSSR count). The van der Waals surface area contributed by atoms with Crippen molar-refractivity contribution in [1.82, 2.24) is 20.1 Å². The van der Waals surface area contributed by atoms with Crippen LogP contribution in [0.2, 0.25) is 0 Å². The van der Waals surface area contributed by atoms with Crippen molar-refractivity contribution in [2.45, 2.75) is 50.2 Å². The van der Waals surface area contributed by atoms with E-state index in [1.165, 1.54) is 43.0 Å². The van der Waals surface area contributed by atoms with E-state index in [9.17, 15) is 4.79 Å². The number of nitrogens with zero attached hydrogens (tertiary/aromatic N) is 3. The quantitative estimate of drug-likeness (QED) is 0.815. The van der Waals surface area contributed by atoms with Crippen molar-refractivity contribution >= 4 is 17.7 Å². The van der Waals surface area contributed by atoms with Crippen LogP contribution in [0.3, 0.4) is 0 Å². The number of aromatic nitrogens is 3. The van der Waals surface area contributed by atoms with Crippen LogP contribution in [-0.4, -0.2) is 38.8 Å². The Bertz CT molecular complexity index is 677. The van der Waals surface area contributed by atoms with E-state index in [-0.39, 0.29) is 5.91 Å². The number of nitrogens with one attached hydrogen (secondary N) is 1. The van der Waals surface area contributed by atoms with E-state index in [0.29, 0.717) is 23.4 Å². The molecule has 2 aromatic rings. The molecule has 1 fully saturated rings. The van der Waals surface area contributed by atoms with Crippen molar-refractivity contribution in [1.29, 1.82) is 0 Å². The van der Waals surface area contributed by atoms with Gasteiger partial charge in [0, 0.05) is 19.5 Å². The summed E-state index contributed by atoms with van der Waals surface area (Å²) >= 11 is 1.40. The summed E-state index contributed by atoms with van der Waals surface area (Å²) in [4.78, 5) is 18.6. The van der Waals surface area contributed by atoms with Gasteiger partial charge < -0.3 is 4.90 Å². The van der Waals surface area contributed by atoms with Gasteiger partial charge in [-0.2, -0.15) is 0 Å². The first kappa shape index (κ1) is 17.0. The van der Waals surface area contributed by atoms with Crippen LogP contribution in [0.5, 0.6) is 0 Å². The molecule has 0 aliphatic heterocycles. The molecule has 1 aliphatic carbocycles. The Kier molecular flexibility index (Phi) is 5.56. The first-order valence-electron chi connectivity index (χ1n) is 8.46. The first-order chi connectivity index (χ1) is 11.6. The molecule has 1 aliphatic rings. The van der Waals surface area contributed by atoms with E-state index < -0.39 is 0 Å². The summed E-state index contributed by atoms with van der Waals surface area (Å²) in [6.45, 7) is 2.69. The molecule has 1 aromatic carbocycles. The molecule has 1 amide bonds. The van der Waals surface area contributed by atoms with Gasteiger partial charge in [0.2, 0.25) is 11.1 Å². The molecule has 0 spiro atoms. The third-order valence-corrected chi connectivity index (χ3v) is 5.35. The van der Waals surface area contributed by atoms with Crippen LogP contribution in [0.1, 0.15) is 48.6 Å². The minimum atomic E-state index is 0.0905. The van der Waals surface area contributed by atoms with E-state index in [1.54, 1.807) is 4.90 Å². The topological polar surface area (TPSA) is 61.9 Å². The van der Waals surface area contributed by atoms with Crippen LogP contribution in [0, 0.1) is 6.92 Å². The fraction of sp³-hybridized carbons (Fsp3) is 0.500. The Hall–Kier alpha value is -1.82. The fourth-order valence-electron chi connectivity index (χ4n) is 3.00. The molecule has 1 saturated carbocycles. The molecule has 128 valence electrons. The number of H-pyrrole nitrogens is 1. The normalized spacial score (nSPS) is 14.9. The van der Waals surface area contributed by atoms with E-state index >= 15 is 0 Å². The SMILES string of the molecule is Cc1ccc(CN(C)C(=O)CSc2n[nH]c(C3CCCC3)n2)cc1. The third kappa shape index (κ3) is 4.38. The van der Waals surface area contributed by atoms with Crippen LogP contribution >= 0.6 is 11.8 Å². The van der Waals surface area contributed by atoms with Crippen molar-refractivity contribution in [3.63, 3.8) is 0 Å². The number of hydrogen-bond acceptors (Lipinski definition) is 4. The highest BCUT2D eigenvalue weighted by Gasteiger charge is 2.21. The van der Waals surface area contributed by atoms with Gasteiger partial charge in [0.05, 0.1) is 5.75 Å². The largest absolute Gasteiger partial charge is 0.341 e. The average molecular weight is 344 g/mol. The summed E-state index contributed by atoms with van der Waals surface area (Å²) in [5.74, 6) is 1.96. The molecule has 6 heteroatoms. The molecule has 0 atom stereocenters. The van der Waals surface area contributed by atoms with E-state index in [1.807, 2.05) is 7.05 Å². The number of rotatable bonds is 6. The molecule has 0 radical (unpaired) electrons. The summed E-state index contributed by atoms with van der Waals surface area (Å²) in [5, 5.41) is 7.96. The smallest absolute Gasteiger partial charge is 0.233 e. The Balaban J connectivity index is 1.48. The standard InChI is InChI=1S/C18H24N4OS/c1-13-7-9-14(10-8-13)11-22(2)16(23)12-24-18-19-17(20-21-18)15-5-3-4-6-15/h7-10,15H,3-6,11-12H2,1-2H3,(H,19,20,21). The Labute approximate surface area is 147 Å². The lowest BCUT2D eigenvalue weighted by Gasteiger charge is -2.16. The second-order valence-corrected chi connectivity index (χ2v) is 7.45. The van der Waals surface area contributed by atoms with Gasteiger partial charge in [-0.05, 0) is 25.3 Å². The zero-order chi connectivity index (χ0) is 16.9. The predicted octanol–water partition coefficient (Wildman–Crippen LogP) is 3.52. The maximum atomic E-state index is 12.3. The summed E-state index contributed by atoms with van der Waals surface area (Å²) in [6, 6.07) is 8.27. The lowest BCUT2D eigenvalue weighted by molar-refractivity contribution is -0.127. The second-order valence-electron chi connectivity index (χ2n) is 6.51. The monoisotopic (exact) mass is 344 g/mol. The molecular weight excluding hydrogens is 320 g/mol. The van der Waals surface area contributed by atoms with Gasteiger partial charge >= 0.3 is 0 Å². The number of carbonyl (C=O) groups excluding carboxylic acids is 1. The van der Waals surface area contributed by atoms with Crippen LogP contribution in [-0.2, 0) is 11.3 Å². The van der Waals surface area contributed by atoms with Gasteiger partial charge in [0.25, 0.3) is 0 Å². The predicted molar refractivity (Wildman–Crippen MR) is 96.0 cm³/mol. The van der Waals surface area contributed by atoms with Gasteiger partial charge in [-0.25, -0.2) is 4.98 Å². The molecule has 1 N–H and O–H groups in total. The molecular formula is C18H24N4OS. The highest BCUT2D eigenvalue weighted by Crippen LogP contribution is 2.32. The minimum Gasteiger partial charge on any atom is -0.341 e. The minimum absolute atomic E-state index is 0.0905. The highest BCUT2D eigenvalue weighted by molar-refractivity contribution is 7.99. The maximum absolute atomic E-state index is 12.3. The fourth-order valence-corrected chi connectivity index (χ4v) is 3.74. The summed E-state index contributed by atoms with van der Waals surface area (Å²) in [7, 11) is 1.84. The number of carbonyl (C=O) groups is 1. The lowest BCUT2D eigenvalue weighted by atomic mass is 10.1. The number of aromatic amines is 1. The van der Waals surface area contributed by atoms with E-state index in [0.717, 1.165) is 11.4 Å². The van der Waals surface area contributed by atoms with Crippen LogP contribution in [0.4, 0.5) is 0 Å². The number of benzene rings is 1. The van der Waals surface area contributed by atoms with Crippen molar-refractivity contribution in [3.8, 4) is 0 Å². The number of thioether (sulfide) groups is 1. The zero-order valence-corrected chi connectivity index (χ0v) is 15.1. The Morgan fingerprint density at radius 2 is 2.00 bits per heavy atom. The van der Waals surface area contributed by atoms with E-state index in [4.69, 9.17) is 0 Å². The van der Waals surface area contributed by atoms with Gasteiger partial charge in [-0.1, -0.05) is 54.4 Å².